The molecule has 5 rings (SSSR count). The van der Waals surface area contributed by atoms with Gasteiger partial charge in [0.25, 0.3) is 0 Å². The minimum absolute atomic E-state index is 0.0232. The number of carbonyl (C=O) groups is 4. The summed E-state index contributed by atoms with van der Waals surface area (Å²) >= 11 is 0. The van der Waals surface area contributed by atoms with Crippen molar-refractivity contribution < 1.29 is 32.3 Å². The summed E-state index contributed by atoms with van der Waals surface area (Å²) in [7, 11) is 0. The van der Waals surface area contributed by atoms with Crippen molar-refractivity contribution in [2.75, 3.05) is 36.8 Å². The van der Waals surface area contributed by atoms with E-state index < -0.39 is 18.0 Å². The van der Waals surface area contributed by atoms with E-state index in [1.165, 1.54) is 6.92 Å². The Morgan fingerprint density at radius 1 is 0.810 bits per heavy atom. The lowest BCUT2D eigenvalue weighted by molar-refractivity contribution is -0.186. The topological polar surface area (TPSA) is 128 Å². The first kappa shape index (κ1) is 29.1. The monoisotopic (exact) mass is 584 g/mol. The van der Waals surface area contributed by atoms with Crippen LogP contribution in [0.1, 0.15) is 32.6 Å². The molecule has 0 atom stereocenters. The second kappa shape index (κ2) is 11.8. The van der Waals surface area contributed by atoms with Gasteiger partial charge in [0.05, 0.1) is 11.0 Å². The summed E-state index contributed by atoms with van der Waals surface area (Å²) in [5, 5.41) is 5.76. The van der Waals surface area contributed by atoms with Crippen molar-refractivity contribution in [3.63, 3.8) is 0 Å². The minimum atomic E-state index is -4.91. The highest BCUT2D eigenvalue weighted by Gasteiger charge is 2.43. The fraction of sp³-hybridized carbons (Fsp3) is 0.414. The lowest BCUT2D eigenvalue weighted by Crippen LogP contribution is -2.46. The molecule has 3 heterocycles. The van der Waals surface area contributed by atoms with Crippen molar-refractivity contribution in [1.29, 1.82) is 0 Å². The van der Waals surface area contributed by atoms with Crippen molar-refractivity contribution in [2.45, 2.75) is 38.8 Å². The first-order valence-electron chi connectivity index (χ1n) is 13.8. The van der Waals surface area contributed by atoms with E-state index in [1.54, 1.807) is 35.2 Å². The number of benzene rings is 2. The molecule has 0 unspecified atom stereocenters. The predicted octanol–water partition coefficient (Wildman–Crippen LogP) is 4.17. The smallest absolute Gasteiger partial charge is 0.343 e. The Balaban J connectivity index is 1.16. The molecule has 13 heteroatoms. The number of carbonyl (C=O) groups excluding carboxylic acids is 4. The van der Waals surface area contributed by atoms with Gasteiger partial charge in [-0.2, -0.15) is 13.2 Å². The van der Waals surface area contributed by atoms with E-state index in [1.807, 2.05) is 12.1 Å². The van der Waals surface area contributed by atoms with Crippen LogP contribution in [0.25, 0.3) is 22.4 Å². The Morgan fingerprint density at radius 2 is 1.33 bits per heavy atom. The van der Waals surface area contributed by atoms with Gasteiger partial charge in [-0.1, -0.05) is 0 Å². The van der Waals surface area contributed by atoms with Crippen molar-refractivity contribution in [3.8, 4) is 11.4 Å². The quantitative estimate of drug-likeness (QED) is 0.415. The molecule has 1 aromatic heterocycles. The molecule has 4 amide bonds. The molecule has 2 saturated heterocycles. The maximum Gasteiger partial charge on any atom is 0.471 e. The van der Waals surface area contributed by atoms with Crippen LogP contribution >= 0.6 is 0 Å². The zero-order valence-corrected chi connectivity index (χ0v) is 23.0. The molecule has 2 aliphatic rings. The molecule has 3 aromatic rings. The van der Waals surface area contributed by atoms with E-state index in [0.717, 1.165) is 16.0 Å². The van der Waals surface area contributed by atoms with Crippen molar-refractivity contribution in [2.24, 2.45) is 11.8 Å². The Bertz CT molecular complexity index is 1490. The number of halogens is 3. The van der Waals surface area contributed by atoms with Crippen molar-refractivity contribution in [3.05, 3.63) is 42.5 Å². The lowest BCUT2D eigenvalue weighted by atomic mass is 9.95. The van der Waals surface area contributed by atoms with E-state index in [9.17, 15) is 32.3 Å². The van der Waals surface area contributed by atoms with Crippen LogP contribution < -0.4 is 10.6 Å². The van der Waals surface area contributed by atoms with E-state index in [-0.39, 0.29) is 49.6 Å². The van der Waals surface area contributed by atoms with Gasteiger partial charge < -0.3 is 25.4 Å². The molecule has 3 N–H and O–H groups in total. The molecule has 222 valence electrons. The summed E-state index contributed by atoms with van der Waals surface area (Å²) in [4.78, 5) is 58.7. The number of aromatic amines is 1. The Kier molecular flexibility index (Phi) is 8.19. The third-order valence-corrected chi connectivity index (χ3v) is 7.88. The van der Waals surface area contributed by atoms with Gasteiger partial charge in [0.15, 0.2) is 0 Å². The Morgan fingerprint density at radius 3 is 1.88 bits per heavy atom. The number of imidazole rings is 1. The number of hydrogen-bond acceptors (Lipinski definition) is 5. The molecule has 0 bridgehead atoms. The molecule has 0 aliphatic carbocycles. The Labute approximate surface area is 239 Å². The standard InChI is InChI=1S/C29H31F3N6O4/c1-17(39)37-12-8-19(9-13-37)27(41)34-22-6-7-23-24(16-22)36-25(35-23)18-2-4-21(5-3-18)33-26(40)20-10-14-38(15-11-20)28(42)29(30,31)32/h2-7,16,19-20H,8-15H2,1H3,(H,33,40)(H,34,41)(H,35,36). The number of alkyl halides is 3. The molecule has 10 nitrogen and oxygen atoms in total. The van der Waals surface area contributed by atoms with Crippen LogP contribution in [0.2, 0.25) is 0 Å². The second-order valence-electron chi connectivity index (χ2n) is 10.7. The van der Waals surface area contributed by atoms with Crippen LogP contribution in [0.5, 0.6) is 0 Å². The van der Waals surface area contributed by atoms with E-state index in [0.29, 0.717) is 48.6 Å². The van der Waals surface area contributed by atoms with Gasteiger partial charge in [-0.25, -0.2) is 4.98 Å². The maximum absolute atomic E-state index is 12.8. The third-order valence-electron chi connectivity index (χ3n) is 7.88. The second-order valence-corrected chi connectivity index (χ2v) is 10.7. The van der Waals surface area contributed by atoms with Crippen LogP contribution in [0, 0.1) is 11.8 Å². The van der Waals surface area contributed by atoms with Gasteiger partial charge in [0.2, 0.25) is 17.7 Å². The van der Waals surface area contributed by atoms with E-state index in [4.69, 9.17) is 0 Å². The summed E-state index contributed by atoms with van der Waals surface area (Å²) in [5.41, 5.74) is 3.40. The number of nitrogens with zero attached hydrogens (tertiary/aromatic N) is 3. The third kappa shape index (κ3) is 6.55. The first-order chi connectivity index (χ1) is 20.0. The molecule has 2 aliphatic heterocycles. The highest BCUT2D eigenvalue weighted by atomic mass is 19.4. The number of nitrogens with one attached hydrogen (secondary N) is 3. The van der Waals surface area contributed by atoms with Crippen LogP contribution in [0.15, 0.2) is 42.5 Å². The summed E-state index contributed by atoms with van der Waals surface area (Å²) in [6.07, 6.45) is -3.34. The van der Waals surface area contributed by atoms with Gasteiger partial charge in [-0.3, -0.25) is 19.2 Å². The number of amides is 4. The van der Waals surface area contributed by atoms with Crippen LogP contribution in [-0.2, 0) is 19.2 Å². The number of rotatable bonds is 5. The van der Waals surface area contributed by atoms with Crippen molar-refractivity contribution in [1.82, 2.24) is 19.8 Å². The first-order valence-corrected chi connectivity index (χ1v) is 13.8. The maximum atomic E-state index is 12.8. The minimum Gasteiger partial charge on any atom is -0.343 e. The van der Waals surface area contributed by atoms with Gasteiger partial charge >= 0.3 is 12.1 Å². The van der Waals surface area contributed by atoms with Crippen LogP contribution in [-0.4, -0.2) is 75.8 Å². The SMILES string of the molecule is CC(=O)N1CCC(C(=O)Nc2ccc3nc(-c4ccc(NC(=O)C5CCN(C(=O)C(F)(F)F)CC5)cc4)[nH]c3c2)CC1. The number of likely N-dealkylation sites (tertiary alicyclic amines) is 2. The average Bonchev–Trinajstić information content (AvgIpc) is 3.40. The molecule has 0 spiro atoms. The van der Waals surface area contributed by atoms with Crippen LogP contribution in [0.3, 0.4) is 0 Å². The summed E-state index contributed by atoms with van der Waals surface area (Å²) in [5.74, 6) is -2.26. The normalized spacial score (nSPS) is 16.9. The number of fused-ring (bicyclic) bond motifs is 1. The summed E-state index contributed by atoms with van der Waals surface area (Å²) in [6.45, 7) is 2.45. The number of H-pyrrole nitrogens is 1. The van der Waals surface area contributed by atoms with E-state index in [2.05, 4.69) is 20.6 Å². The average molecular weight is 585 g/mol. The zero-order chi connectivity index (χ0) is 30.0. The number of aromatic nitrogens is 2. The number of anilines is 2. The molecule has 0 saturated carbocycles. The highest BCUT2D eigenvalue weighted by Crippen LogP contribution is 2.27. The summed E-state index contributed by atoms with van der Waals surface area (Å²) in [6, 6.07) is 12.4. The van der Waals surface area contributed by atoms with Gasteiger partial charge in [0, 0.05) is 61.9 Å². The van der Waals surface area contributed by atoms with Gasteiger partial charge in [-0.05, 0) is 68.1 Å². The predicted molar refractivity (Wildman–Crippen MR) is 149 cm³/mol. The molecular weight excluding hydrogens is 553 g/mol. The molecular formula is C29H31F3N6O4. The van der Waals surface area contributed by atoms with Gasteiger partial charge in [0.1, 0.15) is 5.82 Å². The largest absolute Gasteiger partial charge is 0.471 e. The lowest BCUT2D eigenvalue weighted by Gasteiger charge is -2.31. The molecule has 42 heavy (non-hydrogen) atoms. The zero-order valence-electron chi connectivity index (χ0n) is 23.0. The number of piperidine rings is 2. The summed E-state index contributed by atoms with van der Waals surface area (Å²) < 4.78 is 37.9. The fourth-order valence-electron chi connectivity index (χ4n) is 5.40. The molecule has 0 radical (unpaired) electrons. The highest BCUT2D eigenvalue weighted by molar-refractivity contribution is 5.95. The molecule has 2 fully saturated rings. The van der Waals surface area contributed by atoms with E-state index >= 15 is 0 Å². The fourth-order valence-corrected chi connectivity index (χ4v) is 5.40. The Hall–Kier alpha value is -4.42. The van der Waals surface area contributed by atoms with Gasteiger partial charge in [-0.15, -0.1) is 0 Å². The number of hydrogen-bond donors (Lipinski definition) is 3. The van der Waals surface area contributed by atoms with Crippen molar-refractivity contribution >= 4 is 46.0 Å². The molecule has 2 aromatic carbocycles. The van der Waals surface area contributed by atoms with Crippen LogP contribution in [0.4, 0.5) is 24.5 Å².